The molecule has 1 fully saturated rings. The van der Waals surface area contributed by atoms with Gasteiger partial charge >= 0.3 is 5.97 Å². The number of amides is 1. The fourth-order valence-electron chi connectivity index (χ4n) is 5.05. The highest BCUT2D eigenvalue weighted by Gasteiger charge is 2.53. The Bertz CT molecular complexity index is 1370. The third kappa shape index (κ3) is 4.31. The van der Waals surface area contributed by atoms with Crippen LogP contribution in [-0.2, 0) is 16.7 Å². The Morgan fingerprint density at radius 1 is 1.14 bits per heavy atom. The Morgan fingerprint density at radius 2 is 1.83 bits per heavy atom. The SMILES string of the molecule is COC(=O)c1ccc([C@H](C)NC(=O)c2cc(F)cc3c2N(Cc2ccc(C#N)cc2)CC32CC2)cc1. The van der Waals surface area contributed by atoms with Gasteiger partial charge in [-0.2, -0.15) is 5.26 Å². The van der Waals surface area contributed by atoms with Gasteiger partial charge in [-0.3, -0.25) is 4.79 Å². The second-order valence-corrected chi connectivity index (χ2v) is 9.60. The van der Waals surface area contributed by atoms with Crippen molar-refractivity contribution in [1.29, 1.82) is 5.26 Å². The Hall–Kier alpha value is -4.18. The first-order valence-corrected chi connectivity index (χ1v) is 11.9. The van der Waals surface area contributed by atoms with Crippen LogP contribution in [0, 0.1) is 17.1 Å². The molecule has 182 valence electrons. The minimum atomic E-state index is -0.426. The quantitative estimate of drug-likeness (QED) is 0.498. The van der Waals surface area contributed by atoms with E-state index in [1.165, 1.54) is 13.2 Å². The normalized spacial score (nSPS) is 15.7. The molecule has 0 saturated heterocycles. The first-order chi connectivity index (χ1) is 17.3. The van der Waals surface area contributed by atoms with Gasteiger partial charge in [0, 0.05) is 18.5 Å². The van der Waals surface area contributed by atoms with Crippen molar-refractivity contribution in [3.05, 3.63) is 99.9 Å². The molecule has 6 nitrogen and oxygen atoms in total. The van der Waals surface area contributed by atoms with Gasteiger partial charge in [-0.25, -0.2) is 9.18 Å². The molecule has 36 heavy (non-hydrogen) atoms. The molecule has 2 aliphatic rings. The Labute approximate surface area is 209 Å². The summed E-state index contributed by atoms with van der Waals surface area (Å²) in [5.74, 6) is -1.19. The predicted octanol–water partition coefficient (Wildman–Crippen LogP) is 5.03. The zero-order chi connectivity index (χ0) is 25.4. The Balaban J connectivity index is 1.42. The van der Waals surface area contributed by atoms with E-state index in [9.17, 15) is 14.0 Å². The molecule has 1 atom stereocenters. The van der Waals surface area contributed by atoms with Crippen molar-refractivity contribution < 1.29 is 18.7 Å². The van der Waals surface area contributed by atoms with Gasteiger partial charge in [0.25, 0.3) is 5.91 Å². The highest BCUT2D eigenvalue weighted by molar-refractivity contribution is 6.02. The summed E-state index contributed by atoms with van der Waals surface area (Å²) in [6.07, 6.45) is 1.94. The molecule has 3 aromatic rings. The smallest absolute Gasteiger partial charge is 0.337 e. The second kappa shape index (κ2) is 9.12. The van der Waals surface area contributed by atoms with Crippen molar-refractivity contribution in [3.8, 4) is 6.07 Å². The number of fused-ring (bicyclic) bond motifs is 2. The first kappa shape index (κ1) is 23.6. The van der Waals surface area contributed by atoms with Crippen LogP contribution < -0.4 is 10.2 Å². The maximum Gasteiger partial charge on any atom is 0.337 e. The van der Waals surface area contributed by atoms with Gasteiger partial charge in [-0.05, 0) is 72.9 Å². The molecule has 0 bridgehead atoms. The summed E-state index contributed by atoms with van der Waals surface area (Å²) in [6, 6.07) is 18.9. The summed E-state index contributed by atoms with van der Waals surface area (Å²) in [7, 11) is 1.33. The number of nitrogens with one attached hydrogen (secondary N) is 1. The van der Waals surface area contributed by atoms with E-state index in [2.05, 4.69) is 16.3 Å². The Morgan fingerprint density at radius 3 is 2.44 bits per heavy atom. The molecule has 1 amide bonds. The van der Waals surface area contributed by atoms with Gasteiger partial charge in [-0.15, -0.1) is 0 Å². The lowest BCUT2D eigenvalue weighted by molar-refractivity contribution is 0.0600. The summed E-state index contributed by atoms with van der Waals surface area (Å²) in [5.41, 5.74) is 4.75. The zero-order valence-electron chi connectivity index (χ0n) is 20.2. The van der Waals surface area contributed by atoms with E-state index in [1.54, 1.807) is 42.5 Å². The van der Waals surface area contributed by atoms with E-state index in [0.717, 1.165) is 41.8 Å². The number of esters is 1. The molecule has 1 N–H and O–H groups in total. The number of halogens is 1. The minimum Gasteiger partial charge on any atom is -0.465 e. The summed E-state index contributed by atoms with van der Waals surface area (Å²) in [5, 5.41) is 12.1. The van der Waals surface area contributed by atoms with Crippen LogP contribution in [0.5, 0.6) is 0 Å². The van der Waals surface area contributed by atoms with Crippen LogP contribution in [0.4, 0.5) is 10.1 Å². The highest BCUT2D eigenvalue weighted by atomic mass is 19.1. The van der Waals surface area contributed by atoms with Crippen molar-refractivity contribution in [1.82, 2.24) is 5.32 Å². The molecule has 1 spiro atoms. The van der Waals surface area contributed by atoms with Crippen LogP contribution in [0.2, 0.25) is 0 Å². The number of rotatable bonds is 6. The molecule has 0 radical (unpaired) electrons. The van der Waals surface area contributed by atoms with Crippen molar-refractivity contribution in [3.63, 3.8) is 0 Å². The van der Waals surface area contributed by atoms with Crippen molar-refractivity contribution in [2.45, 2.75) is 37.8 Å². The van der Waals surface area contributed by atoms with Gasteiger partial charge < -0.3 is 15.0 Å². The van der Waals surface area contributed by atoms with Crippen LogP contribution >= 0.6 is 0 Å². The monoisotopic (exact) mass is 483 g/mol. The van der Waals surface area contributed by atoms with E-state index in [-0.39, 0.29) is 17.4 Å². The minimum absolute atomic E-state index is 0.103. The standard InChI is InChI=1S/C29H26FN3O3/c1-18(21-7-9-22(10-8-21)28(35)36-2)32-27(34)24-13-23(30)14-25-26(24)33(17-29(25)11-12-29)16-20-5-3-19(15-31)4-6-20/h3-10,13-14,18H,11-12,16-17H2,1-2H3,(H,32,34)/t18-/m0/s1. The molecule has 0 aromatic heterocycles. The maximum absolute atomic E-state index is 14.7. The summed E-state index contributed by atoms with van der Waals surface area (Å²) >= 11 is 0. The molecular weight excluding hydrogens is 457 g/mol. The molecule has 1 heterocycles. The van der Waals surface area contributed by atoms with Gasteiger partial charge in [0.05, 0.1) is 41.6 Å². The number of hydrogen-bond acceptors (Lipinski definition) is 5. The van der Waals surface area contributed by atoms with Crippen molar-refractivity contribution in [2.75, 3.05) is 18.6 Å². The van der Waals surface area contributed by atoms with E-state index in [1.807, 2.05) is 19.1 Å². The highest BCUT2D eigenvalue weighted by Crippen LogP contribution is 2.57. The maximum atomic E-state index is 14.7. The number of benzene rings is 3. The lowest BCUT2D eigenvalue weighted by atomic mass is 9.95. The fourth-order valence-corrected chi connectivity index (χ4v) is 5.05. The first-order valence-electron chi connectivity index (χ1n) is 11.9. The molecule has 3 aromatic carbocycles. The van der Waals surface area contributed by atoms with E-state index >= 15 is 0 Å². The van der Waals surface area contributed by atoms with E-state index in [0.29, 0.717) is 23.2 Å². The lowest BCUT2D eigenvalue weighted by Crippen LogP contribution is -2.30. The van der Waals surface area contributed by atoms with Crippen LogP contribution in [0.15, 0.2) is 60.7 Å². The third-order valence-corrected chi connectivity index (χ3v) is 7.19. The number of hydrogen-bond donors (Lipinski definition) is 1. The van der Waals surface area contributed by atoms with Crippen LogP contribution in [0.25, 0.3) is 0 Å². The summed E-state index contributed by atoms with van der Waals surface area (Å²) < 4.78 is 19.5. The van der Waals surface area contributed by atoms with Crippen LogP contribution in [-0.4, -0.2) is 25.5 Å². The van der Waals surface area contributed by atoms with Crippen LogP contribution in [0.3, 0.4) is 0 Å². The van der Waals surface area contributed by atoms with Gasteiger partial charge in [0.2, 0.25) is 0 Å². The van der Waals surface area contributed by atoms with Gasteiger partial charge in [-0.1, -0.05) is 24.3 Å². The number of carbonyl (C=O) groups excluding carboxylic acids is 2. The number of nitrogens with zero attached hydrogens (tertiary/aromatic N) is 2. The largest absolute Gasteiger partial charge is 0.465 e. The molecule has 1 saturated carbocycles. The number of nitriles is 1. The van der Waals surface area contributed by atoms with Gasteiger partial charge in [0.15, 0.2) is 0 Å². The average molecular weight is 484 g/mol. The fraction of sp³-hybridized carbons (Fsp3) is 0.276. The summed E-state index contributed by atoms with van der Waals surface area (Å²) in [4.78, 5) is 27.3. The van der Waals surface area contributed by atoms with Crippen LogP contribution in [0.1, 0.15) is 68.8 Å². The molecule has 0 unspecified atom stereocenters. The average Bonchev–Trinajstić information content (AvgIpc) is 3.61. The molecule has 5 rings (SSSR count). The third-order valence-electron chi connectivity index (χ3n) is 7.19. The Kier molecular flexibility index (Phi) is 5.97. The topological polar surface area (TPSA) is 82.4 Å². The number of anilines is 1. The van der Waals surface area contributed by atoms with Crippen molar-refractivity contribution in [2.24, 2.45) is 0 Å². The van der Waals surface area contributed by atoms with Crippen molar-refractivity contribution >= 4 is 17.6 Å². The molecule has 1 aliphatic heterocycles. The van der Waals surface area contributed by atoms with Gasteiger partial charge in [0.1, 0.15) is 5.82 Å². The zero-order valence-corrected chi connectivity index (χ0v) is 20.2. The number of carbonyl (C=O) groups is 2. The molecule has 7 heteroatoms. The molecule has 1 aliphatic carbocycles. The lowest BCUT2D eigenvalue weighted by Gasteiger charge is -2.23. The summed E-state index contributed by atoms with van der Waals surface area (Å²) in [6.45, 7) is 3.15. The second-order valence-electron chi connectivity index (χ2n) is 9.60. The van der Waals surface area contributed by atoms with E-state index < -0.39 is 11.8 Å². The van der Waals surface area contributed by atoms with E-state index in [4.69, 9.17) is 10.00 Å². The number of ether oxygens (including phenoxy) is 1. The predicted molar refractivity (Wildman–Crippen MR) is 133 cm³/mol. The molecular formula is C29H26FN3O3. The number of methoxy groups -OCH3 is 1.